The van der Waals surface area contributed by atoms with Crippen LogP contribution in [0.25, 0.3) is 0 Å². The molecule has 2 saturated heterocycles. The first-order chi connectivity index (χ1) is 8.29. The van der Waals surface area contributed by atoms with E-state index in [1.807, 2.05) is 0 Å². The van der Waals surface area contributed by atoms with Crippen molar-refractivity contribution in [2.24, 2.45) is 5.92 Å². The van der Waals surface area contributed by atoms with Crippen molar-refractivity contribution in [1.82, 2.24) is 0 Å². The van der Waals surface area contributed by atoms with Crippen molar-refractivity contribution in [2.45, 2.75) is 57.5 Å². The Balaban J connectivity index is 1.50. The molecule has 2 aliphatic rings. The third-order valence-electron chi connectivity index (χ3n) is 3.52. The van der Waals surface area contributed by atoms with Crippen molar-refractivity contribution in [3.63, 3.8) is 0 Å². The van der Waals surface area contributed by atoms with Gasteiger partial charge < -0.3 is 19.3 Å². The zero-order valence-corrected chi connectivity index (χ0v) is 10.6. The molecule has 17 heavy (non-hydrogen) atoms. The van der Waals surface area contributed by atoms with Gasteiger partial charge in [0, 0.05) is 6.61 Å². The van der Waals surface area contributed by atoms with Crippen molar-refractivity contribution in [3.05, 3.63) is 0 Å². The van der Waals surface area contributed by atoms with E-state index in [-0.39, 0.29) is 25.1 Å². The predicted molar refractivity (Wildman–Crippen MR) is 63.7 cm³/mol. The van der Waals surface area contributed by atoms with E-state index < -0.39 is 0 Å². The number of aliphatic hydroxyl groups is 1. The fourth-order valence-corrected chi connectivity index (χ4v) is 2.24. The van der Waals surface area contributed by atoms with E-state index >= 15 is 0 Å². The standard InChI is InChI=1S/C13H24O4/c1-10(5-6-11-12(8-14)17-11)9-16-13-4-2-3-7-15-13/h10-14H,2-9H2,1H3/t10-,11-,12-,13?/m0/s1. The minimum absolute atomic E-state index is 0.0218. The summed E-state index contributed by atoms with van der Waals surface area (Å²) in [7, 11) is 0. The van der Waals surface area contributed by atoms with Gasteiger partial charge in [-0.15, -0.1) is 0 Å². The van der Waals surface area contributed by atoms with Crippen LogP contribution in [0.4, 0.5) is 0 Å². The van der Waals surface area contributed by atoms with Crippen LogP contribution in [0.5, 0.6) is 0 Å². The van der Waals surface area contributed by atoms with Gasteiger partial charge in [0.15, 0.2) is 6.29 Å². The van der Waals surface area contributed by atoms with Gasteiger partial charge in [-0.25, -0.2) is 0 Å². The van der Waals surface area contributed by atoms with E-state index in [2.05, 4.69) is 6.92 Å². The van der Waals surface area contributed by atoms with Crippen LogP contribution in [-0.2, 0) is 14.2 Å². The van der Waals surface area contributed by atoms with Crippen molar-refractivity contribution in [2.75, 3.05) is 19.8 Å². The first-order valence-corrected chi connectivity index (χ1v) is 6.79. The molecule has 0 spiro atoms. The summed E-state index contributed by atoms with van der Waals surface area (Å²) in [6.45, 7) is 3.96. The molecule has 0 amide bonds. The van der Waals surface area contributed by atoms with Gasteiger partial charge in [0.1, 0.15) is 6.10 Å². The molecule has 0 aliphatic carbocycles. The molecular weight excluding hydrogens is 220 g/mol. The summed E-state index contributed by atoms with van der Waals surface area (Å²) in [5, 5.41) is 8.85. The zero-order valence-electron chi connectivity index (χ0n) is 10.6. The molecule has 2 rings (SSSR count). The maximum atomic E-state index is 8.85. The largest absolute Gasteiger partial charge is 0.394 e. The lowest BCUT2D eigenvalue weighted by Gasteiger charge is -2.24. The Labute approximate surface area is 103 Å². The van der Waals surface area contributed by atoms with Gasteiger partial charge in [-0.2, -0.15) is 0 Å². The Morgan fingerprint density at radius 2 is 2.24 bits per heavy atom. The van der Waals surface area contributed by atoms with Gasteiger partial charge in [-0.05, 0) is 38.0 Å². The Kier molecular flexibility index (Phi) is 5.22. The average molecular weight is 244 g/mol. The molecule has 0 aromatic rings. The van der Waals surface area contributed by atoms with E-state index in [0.717, 1.165) is 38.9 Å². The average Bonchev–Trinajstić information content (AvgIpc) is 3.14. The normalized spacial score (nSPS) is 34.6. The molecule has 4 atom stereocenters. The molecule has 0 saturated carbocycles. The third-order valence-corrected chi connectivity index (χ3v) is 3.52. The van der Waals surface area contributed by atoms with Crippen molar-refractivity contribution in [3.8, 4) is 0 Å². The highest BCUT2D eigenvalue weighted by atomic mass is 16.7. The van der Waals surface area contributed by atoms with E-state index in [9.17, 15) is 0 Å². The third kappa shape index (κ3) is 4.54. The summed E-state index contributed by atoms with van der Waals surface area (Å²) in [4.78, 5) is 0. The summed E-state index contributed by atoms with van der Waals surface area (Å²) in [5.41, 5.74) is 0. The number of epoxide rings is 1. The van der Waals surface area contributed by atoms with Crippen LogP contribution in [0, 0.1) is 5.92 Å². The van der Waals surface area contributed by atoms with Gasteiger partial charge in [0.05, 0.1) is 19.3 Å². The van der Waals surface area contributed by atoms with Gasteiger partial charge in [-0.1, -0.05) is 6.92 Å². The van der Waals surface area contributed by atoms with Gasteiger partial charge in [0.25, 0.3) is 0 Å². The summed E-state index contributed by atoms with van der Waals surface area (Å²) >= 11 is 0. The first-order valence-electron chi connectivity index (χ1n) is 6.79. The van der Waals surface area contributed by atoms with Crippen LogP contribution < -0.4 is 0 Å². The molecule has 1 N–H and O–H groups in total. The topological polar surface area (TPSA) is 51.2 Å². The molecule has 100 valence electrons. The smallest absolute Gasteiger partial charge is 0.157 e. The molecule has 2 fully saturated rings. The molecule has 4 heteroatoms. The van der Waals surface area contributed by atoms with Crippen LogP contribution >= 0.6 is 0 Å². The highest BCUT2D eigenvalue weighted by Crippen LogP contribution is 2.27. The number of rotatable bonds is 7. The molecule has 0 aromatic heterocycles. The van der Waals surface area contributed by atoms with Crippen LogP contribution in [-0.4, -0.2) is 43.4 Å². The minimum atomic E-state index is 0.0218. The van der Waals surface area contributed by atoms with Crippen LogP contribution in [0.3, 0.4) is 0 Å². The first kappa shape index (κ1) is 13.3. The predicted octanol–water partition coefficient (Wildman–Crippen LogP) is 1.71. The Morgan fingerprint density at radius 3 is 2.88 bits per heavy atom. The van der Waals surface area contributed by atoms with Gasteiger partial charge in [-0.3, -0.25) is 0 Å². The Hall–Kier alpha value is -0.160. The number of hydrogen-bond donors (Lipinski definition) is 1. The zero-order chi connectivity index (χ0) is 12.1. The van der Waals surface area contributed by atoms with E-state index in [4.69, 9.17) is 19.3 Å². The van der Waals surface area contributed by atoms with Gasteiger partial charge in [0.2, 0.25) is 0 Å². The summed E-state index contributed by atoms with van der Waals surface area (Å²) in [6, 6.07) is 0. The molecule has 0 bridgehead atoms. The second-order valence-electron chi connectivity index (χ2n) is 5.21. The van der Waals surface area contributed by atoms with Crippen molar-refractivity contribution >= 4 is 0 Å². The molecule has 2 heterocycles. The Bertz CT molecular complexity index is 215. The quantitative estimate of drug-likeness (QED) is 0.693. The SMILES string of the molecule is C[C@@H](CC[C@@H]1O[C@H]1CO)COC1CCCCO1. The fourth-order valence-electron chi connectivity index (χ4n) is 2.24. The molecule has 2 aliphatic heterocycles. The van der Waals surface area contributed by atoms with E-state index in [1.54, 1.807) is 0 Å². The minimum Gasteiger partial charge on any atom is -0.394 e. The maximum Gasteiger partial charge on any atom is 0.157 e. The van der Waals surface area contributed by atoms with Crippen LogP contribution in [0.2, 0.25) is 0 Å². The number of aliphatic hydroxyl groups excluding tert-OH is 1. The molecule has 0 aromatic carbocycles. The van der Waals surface area contributed by atoms with E-state index in [1.165, 1.54) is 6.42 Å². The molecule has 1 unspecified atom stereocenters. The summed E-state index contributed by atoms with van der Waals surface area (Å²) in [6.07, 6.45) is 5.94. The lowest BCUT2D eigenvalue weighted by atomic mass is 10.0. The molecular formula is C13H24O4. The van der Waals surface area contributed by atoms with Gasteiger partial charge >= 0.3 is 0 Å². The molecule has 0 radical (unpaired) electrons. The second-order valence-corrected chi connectivity index (χ2v) is 5.21. The van der Waals surface area contributed by atoms with Crippen LogP contribution in [0.15, 0.2) is 0 Å². The number of hydrogen-bond acceptors (Lipinski definition) is 4. The highest BCUT2D eigenvalue weighted by Gasteiger charge is 2.37. The Morgan fingerprint density at radius 1 is 1.35 bits per heavy atom. The second kappa shape index (κ2) is 6.69. The maximum absolute atomic E-state index is 8.85. The summed E-state index contributed by atoms with van der Waals surface area (Å²) < 4.78 is 16.6. The lowest BCUT2D eigenvalue weighted by Crippen LogP contribution is -2.24. The lowest BCUT2D eigenvalue weighted by molar-refractivity contribution is -0.168. The monoisotopic (exact) mass is 244 g/mol. The fraction of sp³-hybridized carbons (Fsp3) is 1.00. The van der Waals surface area contributed by atoms with Crippen LogP contribution in [0.1, 0.15) is 39.0 Å². The van der Waals surface area contributed by atoms with Crippen molar-refractivity contribution in [1.29, 1.82) is 0 Å². The number of ether oxygens (including phenoxy) is 3. The van der Waals surface area contributed by atoms with Crippen molar-refractivity contribution < 1.29 is 19.3 Å². The van der Waals surface area contributed by atoms with E-state index in [0.29, 0.717) is 5.92 Å². The summed E-state index contributed by atoms with van der Waals surface area (Å²) in [5.74, 6) is 0.532. The molecule has 4 nitrogen and oxygen atoms in total. The highest BCUT2D eigenvalue weighted by molar-refractivity contribution is 4.84.